The molecule has 3 aromatic carbocycles. The molecule has 0 bridgehead atoms. The number of carbonyl (C=O) groups is 2. The number of ether oxygens (including phenoxy) is 2. The predicted molar refractivity (Wildman–Crippen MR) is 173 cm³/mol. The largest absolute Gasteiger partial charge is 0.478 e. The molecular weight excluding hydrogens is 608 g/mol. The van der Waals surface area contributed by atoms with E-state index in [1.165, 1.54) is 42.5 Å². The Hall–Kier alpha value is -4.44. The van der Waals surface area contributed by atoms with Crippen LogP contribution in [0.2, 0.25) is 0 Å². The SMILES string of the molecule is Cc1cccc(CO[C@H]2CCC[C@@H](OCCN(C(=O)Nc3ccc(F)cc3)C3CCCC3)C2)c1C(=O)O.O=C=Nc1ccc(F)cc1. The Morgan fingerprint density at radius 1 is 0.915 bits per heavy atom. The van der Waals surface area contributed by atoms with Crippen LogP contribution in [0, 0.1) is 18.6 Å². The molecular formula is C36H41F2N3O6. The first-order valence-corrected chi connectivity index (χ1v) is 15.9. The van der Waals surface area contributed by atoms with Crippen LogP contribution in [-0.4, -0.2) is 59.5 Å². The molecule has 0 aromatic heterocycles. The van der Waals surface area contributed by atoms with E-state index < -0.39 is 5.97 Å². The second-order valence-electron chi connectivity index (χ2n) is 11.8. The number of rotatable bonds is 11. The van der Waals surface area contributed by atoms with Crippen molar-refractivity contribution in [3.8, 4) is 0 Å². The molecule has 0 unspecified atom stereocenters. The van der Waals surface area contributed by atoms with E-state index in [1.54, 1.807) is 25.1 Å². The summed E-state index contributed by atoms with van der Waals surface area (Å²) in [6, 6.07) is 16.5. The quantitative estimate of drug-likeness (QED) is 0.161. The van der Waals surface area contributed by atoms with E-state index in [4.69, 9.17) is 9.47 Å². The van der Waals surface area contributed by atoms with Crippen molar-refractivity contribution in [1.82, 2.24) is 4.90 Å². The van der Waals surface area contributed by atoms with Crippen LogP contribution in [-0.2, 0) is 20.9 Å². The number of carboxylic acid groups (broad SMARTS) is 1. The van der Waals surface area contributed by atoms with E-state index in [0.717, 1.165) is 56.9 Å². The summed E-state index contributed by atoms with van der Waals surface area (Å²) >= 11 is 0. The number of anilines is 1. The highest BCUT2D eigenvalue weighted by Crippen LogP contribution is 2.27. The Morgan fingerprint density at radius 3 is 2.19 bits per heavy atom. The molecule has 2 atom stereocenters. The van der Waals surface area contributed by atoms with Gasteiger partial charge in [0.25, 0.3) is 0 Å². The van der Waals surface area contributed by atoms with Crippen molar-refractivity contribution in [2.75, 3.05) is 18.5 Å². The van der Waals surface area contributed by atoms with Crippen LogP contribution < -0.4 is 5.32 Å². The fourth-order valence-electron chi connectivity index (χ4n) is 6.05. The molecule has 0 aliphatic heterocycles. The van der Waals surface area contributed by atoms with E-state index >= 15 is 0 Å². The Morgan fingerprint density at radius 2 is 1.55 bits per heavy atom. The number of hydrogen-bond donors (Lipinski definition) is 2. The molecule has 0 radical (unpaired) electrons. The third kappa shape index (κ3) is 11.1. The van der Waals surface area contributed by atoms with Gasteiger partial charge in [-0.1, -0.05) is 31.0 Å². The Labute approximate surface area is 273 Å². The van der Waals surface area contributed by atoms with Gasteiger partial charge in [-0.15, -0.1) is 0 Å². The van der Waals surface area contributed by atoms with Crippen LogP contribution >= 0.6 is 0 Å². The minimum absolute atomic E-state index is 0.00798. The summed E-state index contributed by atoms with van der Waals surface area (Å²) < 4.78 is 37.7. The first kappa shape index (κ1) is 35.4. The summed E-state index contributed by atoms with van der Waals surface area (Å²) in [6.45, 7) is 2.99. The summed E-state index contributed by atoms with van der Waals surface area (Å²) in [6.07, 6.45) is 9.17. The fraction of sp³-hybridized carbons (Fsp3) is 0.417. The van der Waals surface area contributed by atoms with E-state index in [0.29, 0.717) is 35.7 Å². The number of amides is 2. The highest BCUT2D eigenvalue weighted by Gasteiger charge is 2.28. The number of nitrogens with zero attached hydrogens (tertiary/aromatic N) is 2. The summed E-state index contributed by atoms with van der Waals surface area (Å²) in [5.74, 6) is -1.61. The Balaban J connectivity index is 0.000000427. The second-order valence-corrected chi connectivity index (χ2v) is 11.8. The third-order valence-electron chi connectivity index (χ3n) is 8.43. The van der Waals surface area contributed by atoms with Gasteiger partial charge in [-0.25, -0.2) is 23.2 Å². The average Bonchev–Trinajstić information content (AvgIpc) is 3.59. The number of aryl methyl sites for hydroxylation is 1. The zero-order chi connectivity index (χ0) is 33.6. The van der Waals surface area contributed by atoms with Gasteiger partial charge in [-0.05, 0) is 105 Å². The summed E-state index contributed by atoms with van der Waals surface area (Å²) in [5, 5.41) is 12.4. The lowest BCUT2D eigenvalue weighted by Gasteiger charge is -2.32. The van der Waals surface area contributed by atoms with Gasteiger partial charge in [0.15, 0.2) is 0 Å². The zero-order valence-electron chi connectivity index (χ0n) is 26.5. The van der Waals surface area contributed by atoms with Gasteiger partial charge in [0.2, 0.25) is 6.08 Å². The lowest BCUT2D eigenvalue weighted by molar-refractivity contribution is -0.0531. The van der Waals surface area contributed by atoms with Gasteiger partial charge < -0.3 is 24.8 Å². The van der Waals surface area contributed by atoms with Gasteiger partial charge in [0.05, 0.1) is 36.7 Å². The van der Waals surface area contributed by atoms with Crippen molar-refractivity contribution < 1.29 is 37.7 Å². The smallest absolute Gasteiger partial charge is 0.336 e. The summed E-state index contributed by atoms with van der Waals surface area (Å²) in [4.78, 5) is 39.5. The van der Waals surface area contributed by atoms with E-state index in [9.17, 15) is 28.3 Å². The molecule has 2 N–H and O–H groups in total. The summed E-state index contributed by atoms with van der Waals surface area (Å²) in [7, 11) is 0. The lowest BCUT2D eigenvalue weighted by atomic mass is 9.94. The Kier molecular flexibility index (Phi) is 13.6. The highest BCUT2D eigenvalue weighted by atomic mass is 19.1. The topological polar surface area (TPSA) is 118 Å². The van der Waals surface area contributed by atoms with Crippen LogP contribution in [0.3, 0.4) is 0 Å². The molecule has 250 valence electrons. The molecule has 9 nitrogen and oxygen atoms in total. The maximum absolute atomic E-state index is 13.2. The number of aliphatic imine (C=N–C) groups is 1. The number of nitrogens with one attached hydrogen (secondary N) is 1. The van der Waals surface area contributed by atoms with E-state index in [2.05, 4.69) is 10.3 Å². The van der Waals surface area contributed by atoms with Crippen molar-refractivity contribution >= 4 is 29.5 Å². The van der Waals surface area contributed by atoms with Gasteiger partial charge in [0, 0.05) is 18.3 Å². The molecule has 5 rings (SSSR count). The molecule has 2 fully saturated rings. The molecule has 2 aliphatic rings. The standard InChI is InChI=1S/C29H37FN2O5.C7H4FNO/c1-20-6-4-7-21(27(20)28(33)34)19-37-26-11-5-10-25(18-26)36-17-16-32(24-8-2-3-9-24)29(35)31-23-14-12-22(30)13-15-23;8-6-1-3-7(4-2-6)9-5-10/h4,6-7,12-15,24-26H,2-3,5,8-11,16-19H2,1H3,(H,31,35)(H,33,34);1-4H/t25-,26+;/m1./s1. The maximum atomic E-state index is 13.2. The number of carbonyl (C=O) groups excluding carboxylic acids is 2. The lowest BCUT2D eigenvalue weighted by Crippen LogP contribution is -2.44. The zero-order valence-corrected chi connectivity index (χ0v) is 26.5. The number of aromatic carboxylic acids is 1. The molecule has 3 aromatic rings. The average molecular weight is 650 g/mol. The molecule has 2 saturated carbocycles. The monoisotopic (exact) mass is 649 g/mol. The van der Waals surface area contributed by atoms with Crippen molar-refractivity contribution in [3.63, 3.8) is 0 Å². The van der Waals surface area contributed by atoms with Gasteiger partial charge in [0.1, 0.15) is 11.6 Å². The molecule has 0 heterocycles. The minimum Gasteiger partial charge on any atom is -0.478 e. The van der Waals surface area contributed by atoms with E-state index in [-0.39, 0.29) is 42.5 Å². The number of carboxylic acids is 1. The van der Waals surface area contributed by atoms with Crippen molar-refractivity contribution in [2.24, 2.45) is 4.99 Å². The molecule has 0 spiro atoms. The number of benzene rings is 3. The van der Waals surface area contributed by atoms with E-state index in [1.807, 2.05) is 17.0 Å². The fourth-order valence-corrected chi connectivity index (χ4v) is 6.05. The normalized spacial score (nSPS) is 17.6. The molecule has 11 heteroatoms. The number of halogens is 2. The Bertz CT molecular complexity index is 1510. The first-order chi connectivity index (χ1) is 22.7. The van der Waals surface area contributed by atoms with Crippen LogP contribution in [0.25, 0.3) is 0 Å². The number of hydrogen-bond acceptors (Lipinski definition) is 6. The molecule has 47 heavy (non-hydrogen) atoms. The van der Waals surface area contributed by atoms with Gasteiger partial charge in [-0.3, -0.25) is 0 Å². The first-order valence-electron chi connectivity index (χ1n) is 15.9. The van der Waals surface area contributed by atoms with Crippen molar-refractivity contribution in [1.29, 1.82) is 0 Å². The van der Waals surface area contributed by atoms with Crippen LogP contribution in [0.15, 0.2) is 71.7 Å². The molecule has 0 saturated heterocycles. The summed E-state index contributed by atoms with van der Waals surface area (Å²) in [5.41, 5.74) is 2.72. The predicted octanol–water partition coefficient (Wildman–Crippen LogP) is 7.95. The van der Waals surface area contributed by atoms with Crippen LogP contribution in [0.4, 0.5) is 25.0 Å². The number of isocyanates is 1. The minimum atomic E-state index is -0.933. The number of urea groups is 1. The molecule has 2 amide bonds. The van der Waals surface area contributed by atoms with Gasteiger partial charge in [-0.2, -0.15) is 4.99 Å². The third-order valence-corrected chi connectivity index (χ3v) is 8.43. The van der Waals surface area contributed by atoms with Gasteiger partial charge >= 0.3 is 12.0 Å². The maximum Gasteiger partial charge on any atom is 0.336 e. The van der Waals surface area contributed by atoms with Crippen molar-refractivity contribution in [3.05, 3.63) is 95.1 Å². The molecule has 2 aliphatic carbocycles. The van der Waals surface area contributed by atoms with Crippen LogP contribution in [0.1, 0.15) is 72.9 Å². The van der Waals surface area contributed by atoms with Crippen molar-refractivity contribution in [2.45, 2.75) is 83.1 Å². The second kappa shape index (κ2) is 18.0. The highest BCUT2D eigenvalue weighted by molar-refractivity contribution is 5.91. The van der Waals surface area contributed by atoms with Crippen LogP contribution in [0.5, 0.6) is 0 Å².